The van der Waals surface area contributed by atoms with Crippen molar-refractivity contribution in [1.82, 2.24) is 0 Å². The molecule has 0 aliphatic carbocycles. The van der Waals surface area contributed by atoms with Crippen molar-refractivity contribution in [3.05, 3.63) is 155 Å². The lowest BCUT2D eigenvalue weighted by Gasteiger charge is -2.10. The van der Waals surface area contributed by atoms with E-state index in [0.29, 0.717) is 45.2 Å². The zero-order valence-electron chi connectivity index (χ0n) is 36.1. The molecule has 0 heterocycles. The lowest BCUT2D eigenvalue weighted by atomic mass is 10.1. The minimum absolute atomic E-state index is 0.0284. The molecule has 0 unspecified atom stereocenters. The first-order valence-corrected chi connectivity index (χ1v) is 22.9. The number of rotatable bonds is 11. The van der Waals surface area contributed by atoms with Gasteiger partial charge in [0.05, 0.1) is 34.1 Å². The molecule has 0 bridgehead atoms. The lowest BCUT2D eigenvalue weighted by Crippen LogP contribution is -1.97. The van der Waals surface area contributed by atoms with Gasteiger partial charge in [0.15, 0.2) is 5.75 Å². The van der Waals surface area contributed by atoms with E-state index < -0.39 is 31.3 Å². The molecule has 19 nitrogen and oxygen atoms in total. The maximum atomic E-state index is 11.7. The lowest BCUT2D eigenvalue weighted by molar-refractivity contribution is 0.482. The molecule has 67 heavy (non-hydrogen) atoms. The molecule has 0 atom stereocenters. The number of phenolic OH excluding ortho intramolecular Hbond substituents is 1. The SMILES string of the molecule is Cc1ccc(Nc2ccc3c(O)c(N=Nc4cc(C)c(N=Nc5ccc(N=Nc6ccc(N=Nc7ccccc7S(=O)(=O)O)c(C)c6)c(C)c5)cc4C)ccc3c2)cc1.O=S(=O)=O.O=S(=O)=O. The molecule has 7 aromatic rings. The van der Waals surface area contributed by atoms with Gasteiger partial charge in [-0.15, -0.1) is 35.5 Å². The number of phenols is 1. The molecular weight excluding hydrogens is 923 g/mol. The molecule has 22 heteroatoms. The number of azo groups is 4. The Balaban J connectivity index is 0.000000973. The largest absolute Gasteiger partial charge is 0.505 e. The molecular formula is C45H39N9O10S3. The van der Waals surface area contributed by atoms with E-state index in [1.165, 1.54) is 23.8 Å². The molecule has 3 N–H and O–H groups in total. The first-order chi connectivity index (χ1) is 31.8. The monoisotopic (exact) mass is 961 g/mol. The van der Waals surface area contributed by atoms with Crippen LogP contribution < -0.4 is 5.32 Å². The Labute approximate surface area is 387 Å². The van der Waals surface area contributed by atoms with Crippen LogP contribution in [-0.2, 0) is 31.3 Å². The molecule has 7 rings (SSSR count). The van der Waals surface area contributed by atoms with Gasteiger partial charge in [0, 0.05) is 16.8 Å². The second-order valence-electron chi connectivity index (χ2n) is 14.4. The standard InChI is InChI=1S/C45H39N9O4S.2O3S/c1-27-10-13-33(14-11-27)46-34-15-18-37-32(26-34)12-19-41(45(37)55)52-54-43-25-30(4)42(24-31(43)5)53-48-36-16-20-38(28(2)22-36)49-47-35-17-21-39(29(3)23-35)50-51-40-8-6-7-9-44(40)59(56,57)58;2*1-4(2)3/h6-26,46,55H,1-5H3,(H,56,57,58);;. The van der Waals surface area contributed by atoms with Gasteiger partial charge in [-0.3, -0.25) is 4.55 Å². The summed E-state index contributed by atoms with van der Waals surface area (Å²) in [6, 6.07) is 38.0. The van der Waals surface area contributed by atoms with Crippen molar-refractivity contribution < 1.29 is 43.3 Å². The average Bonchev–Trinajstić information content (AvgIpc) is 3.26. The molecule has 0 radical (unpaired) electrons. The third kappa shape index (κ3) is 14.7. The highest BCUT2D eigenvalue weighted by Crippen LogP contribution is 2.39. The van der Waals surface area contributed by atoms with Crippen LogP contribution in [0.4, 0.5) is 56.9 Å². The van der Waals surface area contributed by atoms with Gasteiger partial charge in [0.1, 0.15) is 16.3 Å². The fourth-order valence-corrected chi connectivity index (χ4v) is 6.71. The third-order valence-corrected chi connectivity index (χ3v) is 10.3. The van der Waals surface area contributed by atoms with E-state index in [0.717, 1.165) is 39.0 Å². The molecule has 0 saturated heterocycles. The molecule has 0 aliphatic heterocycles. The zero-order chi connectivity index (χ0) is 48.8. The van der Waals surface area contributed by atoms with Crippen LogP contribution in [0.3, 0.4) is 0 Å². The van der Waals surface area contributed by atoms with Crippen LogP contribution in [0.25, 0.3) is 10.8 Å². The highest BCUT2D eigenvalue weighted by molar-refractivity contribution is 7.86. The number of aryl methyl sites for hydroxylation is 5. The van der Waals surface area contributed by atoms with Gasteiger partial charge in [0.25, 0.3) is 10.1 Å². The predicted octanol–water partition coefficient (Wildman–Crippen LogP) is 12.7. The third-order valence-electron chi connectivity index (χ3n) is 9.41. The summed E-state index contributed by atoms with van der Waals surface area (Å²) in [5, 5.41) is 50.9. The van der Waals surface area contributed by atoms with Crippen LogP contribution >= 0.6 is 0 Å². The van der Waals surface area contributed by atoms with Gasteiger partial charge in [0.2, 0.25) is 0 Å². The van der Waals surface area contributed by atoms with Crippen LogP contribution in [0.15, 0.2) is 173 Å². The molecule has 7 aromatic carbocycles. The van der Waals surface area contributed by atoms with Crippen LogP contribution in [0.2, 0.25) is 0 Å². The summed E-state index contributed by atoms with van der Waals surface area (Å²) in [6.07, 6.45) is 0. The number of benzene rings is 7. The van der Waals surface area contributed by atoms with E-state index in [4.69, 9.17) is 25.3 Å². The number of nitrogens with zero attached hydrogens (tertiary/aromatic N) is 8. The molecule has 0 fully saturated rings. The highest BCUT2D eigenvalue weighted by Gasteiger charge is 2.15. The van der Waals surface area contributed by atoms with Crippen molar-refractivity contribution in [2.24, 2.45) is 40.9 Å². The Kier molecular flexibility index (Phi) is 16.9. The van der Waals surface area contributed by atoms with Crippen molar-refractivity contribution in [2.45, 2.75) is 39.5 Å². The Bertz CT molecular complexity index is 3420. The number of fused-ring (bicyclic) bond motifs is 1. The summed E-state index contributed by atoms with van der Waals surface area (Å²) in [5.41, 5.74) is 10.5. The van der Waals surface area contributed by atoms with Gasteiger partial charge < -0.3 is 10.4 Å². The van der Waals surface area contributed by atoms with Crippen LogP contribution in [0.1, 0.15) is 27.8 Å². The summed E-state index contributed by atoms with van der Waals surface area (Å²) in [4.78, 5) is -0.323. The number of anilines is 2. The average molecular weight is 962 g/mol. The second kappa shape index (κ2) is 22.7. The van der Waals surface area contributed by atoms with Crippen molar-refractivity contribution in [3.8, 4) is 5.75 Å². The number of nitrogens with one attached hydrogen (secondary N) is 1. The summed E-state index contributed by atoms with van der Waals surface area (Å²) < 4.78 is 83.5. The van der Waals surface area contributed by atoms with Crippen LogP contribution in [0.5, 0.6) is 5.75 Å². The quantitative estimate of drug-likeness (QED) is 0.0809. The number of hydrogen-bond donors (Lipinski definition) is 3. The van der Waals surface area contributed by atoms with Gasteiger partial charge in [-0.25, -0.2) is 0 Å². The van der Waals surface area contributed by atoms with E-state index in [1.54, 1.807) is 30.3 Å². The molecule has 0 spiro atoms. The normalized spacial score (nSPS) is 11.4. The second-order valence-corrected chi connectivity index (χ2v) is 16.6. The summed E-state index contributed by atoms with van der Waals surface area (Å²) in [7, 11) is -10.7. The van der Waals surface area contributed by atoms with Crippen molar-refractivity contribution in [3.63, 3.8) is 0 Å². The van der Waals surface area contributed by atoms with Crippen molar-refractivity contribution >= 4 is 99.0 Å². The topological polar surface area (TPSA) is 288 Å². The molecule has 0 saturated carbocycles. The minimum Gasteiger partial charge on any atom is -0.505 e. The van der Waals surface area contributed by atoms with Gasteiger partial charge in [-0.2, -0.15) is 39.1 Å². The smallest absolute Gasteiger partial charge is 0.425 e. The van der Waals surface area contributed by atoms with Gasteiger partial charge in [-0.05, 0) is 159 Å². The van der Waals surface area contributed by atoms with E-state index in [9.17, 15) is 18.1 Å². The van der Waals surface area contributed by atoms with Crippen LogP contribution in [0, 0.1) is 34.6 Å². The maximum absolute atomic E-state index is 11.7. The minimum atomic E-state index is -4.44. The molecule has 342 valence electrons. The number of hydrogen-bond acceptors (Lipinski definition) is 18. The van der Waals surface area contributed by atoms with Crippen LogP contribution in [-0.4, -0.2) is 43.3 Å². The summed E-state index contributed by atoms with van der Waals surface area (Å²) >= 11 is 0. The van der Waals surface area contributed by atoms with E-state index in [1.807, 2.05) is 94.4 Å². The Morgan fingerprint density at radius 2 is 0.881 bits per heavy atom. The predicted molar refractivity (Wildman–Crippen MR) is 251 cm³/mol. The first kappa shape index (κ1) is 50.0. The summed E-state index contributed by atoms with van der Waals surface area (Å²) in [6.45, 7) is 9.64. The Morgan fingerprint density at radius 1 is 0.448 bits per heavy atom. The number of aromatic hydroxyl groups is 1. The Morgan fingerprint density at radius 3 is 1.42 bits per heavy atom. The molecule has 0 aromatic heterocycles. The molecule has 0 aliphatic rings. The zero-order valence-corrected chi connectivity index (χ0v) is 38.5. The van der Waals surface area contributed by atoms with Gasteiger partial charge in [-0.1, -0.05) is 35.9 Å². The molecule has 0 amide bonds. The first-order valence-electron chi connectivity index (χ1n) is 19.5. The van der Waals surface area contributed by atoms with E-state index >= 15 is 0 Å². The van der Waals surface area contributed by atoms with Crippen molar-refractivity contribution in [1.29, 1.82) is 0 Å². The van der Waals surface area contributed by atoms with Crippen molar-refractivity contribution in [2.75, 3.05) is 5.32 Å². The van der Waals surface area contributed by atoms with E-state index in [-0.39, 0.29) is 16.3 Å². The Hall–Kier alpha value is -8.05. The van der Waals surface area contributed by atoms with Gasteiger partial charge >= 0.3 is 21.2 Å². The summed E-state index contributed by atoms with van der Waals surface area (Å²) in [5.74, 6) is 0.0607. The fourth-order valence-electron chi connectivity index (χ4n) is 6.09. The van der Waals surface area contributed by atoms with E-state index in [2.05, 4.69) is 65.3 Å². The maximum Gasteiger partial charge on any atom is 0.425 e. The fraction of sp³-hybridized carbons (Fsp3) is 0.111. The highest BCUT2D eigenvalue weighted by atomic mass is 32.2.